The first-order valence-corrected chi connectivity index (χ1v) is 7.00. The maximum Gasteiger partial charge on any atom is 0.306 e. The van der Waals surface area contributed by atoms with Gasteiger partial charge >= 0.3 is 5.97 Å². The van der Waals surface area contributed by atoms with Crippen LogP contribution >= 0.6 is 0 Å². The van der Waals surface area contributed by atoms with Crippen LogP contribution in [0.5, 0.6) is 0 Å². The molecule has 0 spiro atoms. The van der Waals surface area contributed by atoms with Crippen LogP contribution in [-0.2, 0) is 4.79 Å². The average Bonchev–Trinajstić information content (AvgIpc) is 3.19. The van der Waals surface area contributed by atoms with E-state index in [2.05, 4.69) is 20.8 Å². The lowest BCUT2D eigenvalue weighted by Gasteiger charge is -2.12. The van der Waals surface area contributed by atoms with Crippen LogP contribution in [0.1, 0.15) is 29.6 Å². The van der Waals surface area contributed by atoms with E-state index in [0.29, 0.717) is 24.8 Å². The van der Waals surface area contributed by atoms with Gasteiger partial charge in [-0.25, -0.2) is 4.68 Å². The number of carboxylic acids is 1. The minimum atomic E-state index is -0.789. The Balaban J connectivity index is 1.62. The highest BCUT2D eigenvalue weighted by Gasteiger charge is 2.30. The molecule has 1 heterocycles. The average molecular weight is 301 g/mol. The lowest BCUT2D eigenvalue weighted by atomic mass is 10.1. The van der Waals surface area contributed by atoms with E-state index < -0.39 is 5.97 Å². The summed E-state index contributed by atoms with van der Waals surface area (Å²) in [5.74, 6) is -1.34. The van der Waals surface area contributed by atoms with Gasteiger partial charge in [-0.15, -0.1) is 5.10 Å². The molecule has 1 amide bonds. The number of hydrogen-bond donors (Lipinski definition) is 2. The van der Waals surface area contributed by atoms with E-state index in [4.69, 9.17) is 5.11 Å². The summed E-state index contributed by atoms with van der Waals surface area (Å²) in [5.41, 5.74) is 1.28. The van der Waals surface area contributed by atoms with Crippen LogP contribution in [0.3, 0.4) is 0 Å². The van der Waals surface area contributed by atoms with Gasteiger partial charge in [0.25, 0.3) is 5.91 Å². The van der Waals surface area contributed by atoms with E-state index in [1.807, 2.05) is 0 Å². The van der Waals surface area contributed by atoms with Crippen LogP contribution in [0, 0.1) is 5.92 Å². The van der Waals surface area contributed by atoms with Gasteiger partial charge in [0.05, 0.1) is 11.6 Å². The summed E-state index contributed by atoms with van der Waals surface area (Å²) in [6, 6.07) is 6.80. The molecular weight excluding hydrogens is 286 g/mol. The van der Waals surface area contributed by atoms with E-state index in [0.717, 1.165) is 5.69 Å². The van der Waals surface area contributed by atoms with E-state index in [1.165, 1.54) is 11.0 Å². The SMILES string of the molecule is O=C(N[C@@H]1CC[C@H](C(=O)O)C1)c1ccc(-n2cnnn2)cc1. The third-order valence-electron chi connectivity index (χ3n) is 3.86. The molecule has 114 valence electrons. The van der Waals surface area contributed by atoms with Gasteiger partial charge in [0, 0.05) is 11.6 Å². The molecule has 2 atom stereocenters. The zero-order valence-corrected chi connectivity index (χ0v) is 11.7. The lowest BCUT2D eigenvalue weighted by Crippen LogP contribution is -2.33. The van der Waals surface area contributed by atoms with Crippen molar-refractivity contribution >= 4 is 11.9 Å². The van der Waals surface area contributed by atoms with Gasteiger partial charge < -0.3 is 10.4 Å². The summed E-state index contributed by atoms with van der Waals surface area (Å²) in [7, 11) is 0. The Bertz CT molecular complexity index is 668. The zero-order chi connectivity index (χ0) is 15.5. The molecule has 0 radical (unpaired) electrons. The van der Waals surface area contributed by atoms with Crippen LogP contribution in [0.25, 0.3) is 5.69 Å². The van der Waals surface area contributed by atoms with Gasteiger partial charge in [0.1, 0.15) is 6.33 Å². The van der Waals surface area contributed by atoms with Gasteiger partial charge in [-0.1, -0.05) is 0 Å². The first-order valence-electron chi connectivity index (χ1n) is 7.00. The van der Waals surface area contributed by atoms with Gasteiger partial charge in [-0.2, -0.15) is 0 Å². The van der Waals surface area contributed by atoms with Gasteiger partial charge in [0.2, 0.25) is 0 Å². The molecule has 0 saturated heterocycles. The van der Waals surface area contributed by atoms with E-state index in [9.17, 15) is 9.59 Å². The molecular formula is C14H15N5O3. The number of carbonyl (C=O) groups excluding carboxylic acids is 1. The minimum absolute atomic E-state index is 0.0761. The third kappa shape index (κ3) is 2.95. The van der Waals surface area contributed by atoms with Gasteiger partial charge in [0.15, 0.2) is 0 Å². The molecule has 0 aliphatic heterocycles. The topological polar surface area (TPSA) is 110 Å². The maximum absolute atomic E-state index is 12.2. The number of aromatic nitrogens is 4. The molecule has 2 aromatic rings. The number of amides is 1. The summed E-state index contributed by atoms with van der Waals surface area (Å²) in [5, 5.41) is 22.7. The van der Waals surface area contributed by atoms with Gasteiger partial charge in [-0.3, -0.25) is 9.59 Å². The molecule has 8 nitrogen and oxygen atoms in total. The van der Waals surface area contributed by atoms with Crippen molar-refractivity contribution in [2.75, 3.05) is 0 Å². The standard InChI is InChI=1S/C14H15N5O3/c20-13(16-11-4-1-10(7-11)14(21)22)9-2-5-12(6-3-9)19-8-15-17-18-19/h2-3,5-6,8,10-11H,1,4,7H2,(H,16,20)(H,21,22)/t10-,11+/m0/s1. The fraction of sp³-hybridized carbons (Fsp3) is 0.357. The third-order valence-corrected chi connectivity index (χ3v) is 3.86. The van der Waals surface area contributed by atoms with E-state index in [-0.39, 0.29) is 17.9 Å². The maximum atomic E-state index is 12.2. The second-order valence-corrected chi connectivity index (χ2v) is 5.32. The molecule has 0 unspecified atom stereocenters. The van der Waals surface area contributed by atoms with Crippen molar-refractivity contribution in [3.8, 4) is 5.69 Å². The smallest absolute Gasteiger partial charge is 0.306 e. The number of carboxylic acid groups (broad SMARTS) is 1. The van der Waals surface area contributed by atoms with Crippen LogP contribution in [-0.4, -0.2) is 43.2 Å². The van der Waals surface area contributed by atoms with Crippen molar-refractivity contribution in [2.24, 2.45) is 5.92 Å². The number of benzene rings is 1. The number of carbonyl (C=O) groups is 2. The van der Waals surface area contributed by atoms with Crippen molar-refractivity contribution in [3.63, 3.8) is 0 Å². The number of nitrogens with one attached hydrogen (secondary N) is 1. The Hall–Kier alpha value is -2.77. The van der Waals surface area contributed by atoms with Gasteiger partial charge in [-0.05, 0) is 54.0 Å². The quantitative estimate of drug-likeness (QED) is 0.857. The number of rotatable bonds is 4. The lowest BCUT2D eigenvalue weighted by molar-refractivity contribution is -0.141. The Morgan fingerprint density at radius 2 is 2.00 bits per heavy atom. The molecule has 1 aromatic carbocycles. The molecule has 22 heavy (non-hydrogen) atoms. The molecule has 3 rings (SSSR count). The molecule has 8 heteroatoms. The monoisotopic (exact) mass is 301 g/mol. The zero-order valence-electron chi connectivity index (χ0n) is 11.7. The number of aliphatic carboxylic acids is 1. The van der Waals surface area contributed by atoms with Crippen LogP contribution in [0.15, 0.2) is 30.6 Å². The summed E-state index contributed by atoms with van der Waals surface area (Å²) in [6.07, 6.45) is 3.27. The van der Waals surface area contributed by atoms with Crippen molar-refractivity contribution < 1.29 is 14.7 Å². The number of hydrogen-bond acceptors (Lipinski definition) is 5. The van der Waals surface area contributed by atoms with E-state index >= 15 is 0 Å². The molecule has 2 N–H and O–H groups in total. The fourth-order valence-electron chi connectivity index (χ4n) is 2.65. The highest BCUT2D eigenvalue weighted by Crippen LogP contribution is 2.25. The predicted molar refractivity (Wildman–Crippen MR) is 75.4 cm³/mol. The molecule has 1 aliphatic rings. The molecule has 0 bridgehead atoms. The van der Waals surface area contributed by atoms with Crippen LogP contribution < -0.4 is 5.32 Å². The Labute approximate surface area is 126 Å². The Kier molecular flexibility index (Phi) is 3.82. The van der Waals surface area contributed by atoms with Crippen molar-refractivity contribution in [1.29, 1.82) is 0 Å². The molecule has 1 saturated carbocycles. The largest absolute Gasteiger partial charge is 0.481 e. The molecule has 1 fully saturated rings. The van der Waals surface area contributed by atoms with Crippen LogP contribution in [0.2, 0.25) is 0 Å². The number of nitrogens with zero attached hydrogens (tertiary/aromatic N) is 4. The summed E-state index contributed by atoms with van der Waals surface area (Å²) >= 11 is 0. The van der Waals surface area contributed by atoms with Crippen molar-refractivity contribution in [1.82, 2.24) is 25.5 Å². The minimum Gasteiger partial charge on any atom is -0.481 e. The van der Waals surface area contributed by atoms with Crippen molar-refractivity contribution in [3.05, 3.63) is 36.2 Å². The summed E-state index contributed by atoms with van der Waals surface area (Å²) in [6.45, 7) is 0. The highest BCUT2D eigenvalue weighted by molar-refractivity contribution is 5.94. The van der Waals surface area contributed by atoms with E-state index in [1.54, 1.807) is 24.3 Å². The summed E-state index contributed by atoms with van der Waals surface area (Å²) in [4.78, 5) is 23.1. The van der Waals surface area contributed by atoms with Crippen LogP contribution in [0.4, 0.5) is 0 Å². The molecule has 1 aromatic heterocycles. The summed E-state index contributed by atoms with van der Waals surface area (Å²) < 4.78 is 1.50. The second-order valence-electron chi connectivity index (χ2n) is 5.32. The predicted octanol–water partition coefficient (Wildman–Crippen LogP) is 0.645. The second kappa shape index (κ2) is 5.92. The first kappa shape index (κ1) is 14.2. The Morgan fingerprint density at radius 3 is 2.59 bits per heavy atom. The fourth-order valence-corrected chi connectivity index (χ4v) is 2.65. The molecule has 1 aliphatic carbocycles. The Morgan fingerprint density at radius 1 is 1.23 bits per heavy atom. The van der Waals surface area contributed by atoms with Crippen molar-refractivity contribution in [2.45, 2.75) is 25.3 Å². The highest BCUT2D eigenvalue weighted by atomic mass is 16.4. The first-order chi connectivity index (χ1) is 10.6. The number of tetrazole rings is 1. The normalized spacial score (nSPS) is 20.7.